The number of aliphatic hydroxyl groups excluding tert-OH is 2. The third-order valence-electron chi connectivity index (χ3n) is 0.969. The van der Waals surface area contributed by atoms with E-state index in [1.54, 1.807) is 0 Å². The first-order valence-corrected chi connectivity index (χ1v) is 3.70. The average Bonchev–Trinajstić information content (AvgIpc) is 1.82. The van der Waals surface area contributed by atoms with Gasteiger partial charge in [0, 0.05) is 0 Å². The van der Waals surface area contributed by atoms with Gasteiger partial charge in [-0.05, 0) is 0 Å². The van der Waals surface area contributed by atoms with Crippen molar-refractivity contribution in [2.24, 2.45) is 0 Å². The first kappa shape index (κ1) is 15.2. The molecule has 0 spiro atoms. The Bertz CT molecular complexity index is 114. The Morgan fingerprint density at radius 1 is 1.15 bits per heavy atom. The fourth-order valence-electron chi connectivity index (χ4n) is 0.690. The van der Waals surface area contributed by atoms with E-state index in [1.807, 2.05) is 21.1 Å². The van der Waals surface area contributed by atoms with Gasteiger partial charge in [-0.1, -0.05) is 0 Å². The molecule has 0 fully saturated rings. The Balaban J connectivity index is 0. The normalized spacial score (nSPS) is 13.6. The third kappa shape index (κ3) is 24.5. The lowest BCUT2D eigenvalue weighted by Gasteiger charge is -2.25. The highest BCUT2D eigenvalue weighted by Crippen LogP contribution is 1.92. The minimum atomic E-state index is -3.67. The van der Waals surface area contributed by atoms with Gasteiger partial charge in [0.25, 0.3) is 0 Å². The summed E-state index contributed by atoms with van der Waals surface area (Å²) in [6.07, 6.45) is -0.579. The maximum Gasteiger partial charge on any atom is 0.379 e. The number of nitrogens with zero attached hydrogens (tertiary/aromatic N) is 1. The summed E-state index contributed by atoms with van der Waals surface area (Å²) in [5.41, 5.74) is 0. The second-order valence-electron chi connectivity index (χ2n) is 3.56. The number of hydrogen-bond donors (Lipinski definition) is 2. The van der Waals surface area contributed by atoms with Gasteiger partial charge >= 0.3 is 6.68 Å². The van der Waals surface area contributed by atoms with Crippen LogP contribution in [-0.2, 0) is 0 Å². The van der Waals surface area contributed by atoms with Crippen molar-refractivity contribution in [3.8, 4) is 0 Å². The van der Waals surface area contributed by atoms with Crippen LogP contribution in [0.15, 0.2) is 0 Å². The van der Waals surface area contributed by atoms with Crippen LogP contribution in [0.25, 0.3) is 0 Å². The molecule has 0 heterocycles. The summed E-state index contributed by atoms with van der Waals surface area (Å²) in [4.78, 5) is 0. The zero-order chi connectivity index (χ0) is 11.1. The molecule has 6 heteroatoms. The van der Waals surface area contributed by atoms with Crippen LogP contribution in [0.2, 0.25) is 0 Å². The number of likely N-dealkylation sites (N-methyl/N-ethyl adjacent to an activating group) is 1. The number of halogens is 3. The number of quaternary nitrogens is 1. The van der Waals surface area contributed by atoms with E-state index in [0.29, 0.717) is 11.0 Å². The average molecular weight is 204 g/mol. The Labute approximate surface area is 76.0 Å². The van der Waals surface area contributed by atoms with Gasteiger partial charge in [-0.2, -0.15) is 13.2 Å². The fourth-order valence-corrected chi connectivity index (χ4v) is 0.690. The van der Waals surface area contributed by atoms with Crippen LogP contribution in [0.4, 0.5) is 13.2 Å². The number of aliphatic hydroxyl groups is 2. The van der Waals surface area contributed by atoms with Gasteiger partial charge in [-0.3, -0.25) is 0 Å². The summed E-state index contributed by atoms with van der Waals surface area (Å²) >= 11 is 0. The Morgan fingerprint density at radius 2 is 1.46 bits per heavy atom. The molecule has 0 aromatic heterocycles. The monoisotopic (exact) mass is 204 g/mol. The van der Waals surface area contributed by atoms with E-state index in [4.69, 9.17) is 10.2 Å². The molecule has 0 saturated carbocycles. The molecular weight excluding hydrogens is 187 g/mol. The van der Waals surface area contributed by atoms with E-state index >= 15 is 0 Å². The molecule has 0 aromatic carbocycles. The molecule has 2 N–H and O–H groups in total. The smallest absolute Gasteiger partial charge is 0.379 e. The first-order chi connectivity index (χ1) is 5.69. The quantitative estimate of drug-likeness (QED) is 0.646. The molecule has 0 saturated heterocycles. The molecule has 13 heavy (non-hydrogen) atoms. The van der Waals surface area contributed by atoms with Gasteiger partial charge in [-0.25, -0.2) is 0 Å². The van der Waals surface area contributed by atoms with Crippen LogP contribution in [0.5, 0.6) is 0 Å². The Hall–Kier alpha value is -0.330. The highest BCUT2D eigenvalue weighted by Gasteiger charge is 2.13. The van der Waals surface area contributed by atoms with E-state index < -0.39 is 12.8 Å². The molecule has 0 aromatic rings. The molecule has 1 unspecified atom stereocenters. The molecule has 82 valence electrons. The van der Waals surface area contributed by atoms with Crippen molar-refractivity contribution in [3.63, 3.8) is 0 Å². The summed E-state index contributed by atoms with van der Waals surface area (Å²) < 4.78 is 29.7. The number of hydrogen-bond acceptors (Lipinski definition) is 2. The Morgan fingerprint density at radius 3 is 1.54 bits per heavy atom. The van der Waals surface area contributed by atoms with Crippen molar-refractivity contribution in [3.05, 3.63) is 0 Å². The van der Waals surface area contributed by atoms with Gasteiger partial charge < -0.3 is 14.7 Å². The molecule has 0 aliphatic heterocycles. The van der Waals surface area contributed by atoms with Gasteiger partial charge in [0.15, 0.2) is 0 Å². The van der Waals surface area contributed by atoms with Gasteiger partial charge in [0.2, 0.25) is 0 Å². The standard InChI is InChI=1S/C6H16NO2.CHF3/c1-7(2,3)4-6(9)5-8;2-1(3)4/h6,8-9H,4-5H2,1-3H3;1H/q+1;. The highest BCUT2D eigenvalue weighted by atomic mass is 19.4. The molecule has 0 aliphatic rings. The topological polar surface area (TPSA) is 40.5 Å². The van der Waals surface area contributed by atoms with Gasteiger partial charge in [0.05, 0.1) is 27.7 Å². The van der Waals surface area contributed by atoms with E-state index in [2.05, 4.69) is 0 Å². The lowest BCUT2D eigenvalue weighted by molar-refractivity contribution is -0.873. The van der Waals surface area contributed by atoms with Crippen LogP contribution in [-0.4, -0.2) is 61.8 Å². The van der Waals surface area contributed by atoms with Crippen molar-refractivity contribution in [2.45, 2.75) is 12.8 Å². The van der Waals surface area contributed by atoms with E-state index in [-0.39, 0.29) is 6.61 Å². The second kappa shape index (κ2) is 7.11. The number of alkyl halides is 3. The van der Waals surface area contributed by atoms with E-state index in [9.17, 15) is 13.2 Å². The predicted octanol–water partition coefficient (Wildman–Crippen LogP) is 0.224. The van der Waals surface area contributed by atoms with Crippen LogP contribution in [0, 0.1) is 0 Å². The van der Waals surface area contributed by atoms with Crippen molar-refractivity contribution in [1.29, 1.82) is 0 Å². The first-order valence-electron chi connectivity index (χ1n) is 3.70. The van der Waals surface area contributed by atoms with Crippen LogP contribution < -0.4 is 0 Å². The lowest BCUT2D eigenvalue weighted by Crippen LogP contribution is -2.42. The molecular formula is C7H17F3NO2+. The van der Waals surface area contributed by atoms with Crippen molar-refractivity contribution < 1.29 is 27.9 Å². The van der Waals surface area contributed by atoms with Crippen LogP contribution >= 0.6 is 0 Å². The predicted molar refractivity (Wildman–Crippen MR) is 43.1 cm³/mol. The fraction of sp³-hybridized carbons (Fsp3) is 1.00. The second-order valence-corrected chi connectivity index (χ2v) is 3.56. The lowest BCUT2D eigenvalue weighted by atomic mass is 10.3. The van der Waals surface area contributed by atoms with Gasteiger partial charge in [-0.15, -0.1) is 0 Å². The molecule has 0 aliphatic carbocycles. The minimum absolute atomic E-state index is 0.143. The summed E-state index contributed by atoms with van der Waals surface area (Å²) in [6, 6.07) is 0. The maximum atomic E-state index is 9.67. The molecule has 0 rings (SSSR count). The number of rotatable bonds is 3. The van der Waals surface area contributed by atoms with Crippen molar-refractivity contribution >= 4 is 0 Å². The molecule has 1 atom stereocenters. The molecule has 3 nitrogen and oxygen atoms in total. The van der Waals surface area contributed by atoms with Gasteiger partial charge in [0.1, 0.15) is 12.6 Å². The largest absolute Gasteiger partial charge is 0.393 e. The zero-order valence-corrected chi connectivity index (χ0v) is 8.04. The zero-order valence-electron chi connectivity index (χ0n) is 8.04. The van der Waals surface area contributed by atoms with Crippen molar-refractivity contribution in [2.75, 3.05) is 34.3 Å². The maximum absolute atomic E-state index is 9.67. The summed E-state index contributed by atoms with van der Waals surface area (Å²) in [7, 11) is 5.91. The molecule has 0 bridgehead atoms. The molecule has 0 radical (unpaired) electrons. The highest BCUT2D eigenvalue weighted by molar-refractivity contribution is 4.47. The van der Waals surface area contributed by atoms with E-state index in [0.717, 1.165) is 0 Å². The summed E-state index contributed by atoms with van der Waals surface area (Å²) in [5, 5.41) is 17.4. The van der Waals surface area contributed by atoms with Crippen LogP contribution in [0.1, 0.15) is 0 Å². The third-order valence-corrected chi connectivity index (χ3v) is 0.969. The molecule has 0 amide bonds. The summed E-state index contributed by atoms with van der Waals surface area (Å²) in [6.45, 7) is -3.22. The van der Waals surface area contributed by atoms with E-state index in [1.165, 1.54) is 0 Å². The van der Waals surface area contributed by atoms with Crippen LogP contribution in [0.3, 0.4) is 0 Å². The SMILES string of the molecule is C[N+](C)(C)CC(O)CO.FC(F)F. The van der Waals surface area contributed by atoms with Crippen molar-refractivity contribution in [1.82, 2.24) is 0 Å². The summed E-state index contributed by atoms with van der Waals surface area (Å²) in [5.74, 6) is 0. The minimum Gasteiger partial charge on any atom is -0.393 e. The Kier molecular flexibility index (Phi) is 8.29.